The second-order valence-electron chi connectivity index (χ2n) is 6.96. The van der Waals surface area contributed by atoms with E-state index in [9.17, 15) is 4.79 Å². The van der Waals surface area contributed by atoms with Crippen LogP contribution in [0, 0.1) is 0 Å². The number of hydrogen-bond donors (Lipinski definition) is 1. The van der Waals surface area contributed by atoms with Crippen molar-refractivity contribution in [2.45, 2.75) is 51.5 Å². The molecule has 0 unspecified atom stereocenters. The summed E-state index contributed by atoms with van der Waals surface area (Å²) in [5.74, 6) is 0. The molecule has 128 valence electrons. The molecule has 0 spiro atoms. The van der Waals surface area contributed by atoms with Crippen molar-refractivity contribution in [3.63, 3.8) is 0 Å². The first-order valence-corrected chi connectivity index (χ1v) is 8.17. The molecule has 1 aliphatic rings. The Morgan fingerprint density at radius 2 is 2.00 bits per heavy atom. The quantitative estimate of drug-likeness (QED) is 0.927. The molecular formula is C18H28N2O3. The van der Waals surface area contributed by atoms with E-state index in [-0.39, 0.29) is 18.2 Å². The first-order chi connectivity index (χ1) is 10.9. The molecule has 2 rings (SSSR count). The summed E-state index contributed by atoms with van der Waals surface area (Å²) >= 11 is 0. The van der Waals surface area contributed by atoms with Gasteiger partial charge in [-0.2, -0.15) is 0 Å². The van der Waals surface area contributed by atoms with Crippen LogP contribution in [0.25, 0.3) is 0 Å². The molecule has 1 saturated heterocycles. The van der Waals surface area contributed by atoms with Gasteiger partial charge in [-0.25, -0.2) is 4.79 Å². The highest BCUT2D eigenvalue weighted by Crippen LogP contribution is 2.18. The molecule has 1 fully saturated rings. The SMILES string of the molecule is CO[C@H]1CN(C(=O)OC(C)(C)C)CC[C@H]1NCc1ccccc1. The number of amides is 1. The predicted molar refractivity (Wildman–Crippen MR) is 90.3 cm³/mol. The van der Waals surface area contributed by atoms with Gasteiger partial charge >= 0.3 is 6.09 Å². The summed E-state index contributed by atoms with van der Waals surface area (Å²) in [6.45, 7) is 7.68. The van der Waals surface area contributed by atoms with Crippen molar-refractivity contribution < 1.29 is 14.3 Å². The Kier molecular flexibility index (Phi) is 6.02. The Hall–Kier alpha value is -1.59. The molecule has 0 aromatic heterocycles. The van der Waals surface area contributed by atoms with Crippen LogP contribution in [-0.2, 0) is 16.0 Å². The highest BCUT2D eigenvalue weighted by molar-refractivity contribution is 5.68. The zero-order valence-electron chi connectivity index (χ0n) is 14.5. The number of benzene rings is 1. The Bertz CT molecular complexity index is 499. The number of methoxy groups -OCH3 is 1. The maximum absolute atomic E-state index is 12.2. The van der Waals surface area contributed by atoms with E-state index in [2.05, 4.69) is 17.4 Å². The molecule has 1 N–H and O–H groups in total. The van der Waals surface area contributed by atoms with Gasteiger partial charge in [0.1, 0.15) is 5.60 Å². The fourth-order valence-electron chi connectivity index (χ4n) is 2.73. The van der Waals surface area contributed by atoms with E-state index in [1.165, 1.54) is 5.56 Å². The largest absolute Gasteiger partial charge is 0.444 e. The van der Waals surface area contributed by atoms with Crippen LogP contribution in [0.4, 0.5) is 4.79 Å². The lowest BCUT2D eigenvalue weighted by Gasteiger charge is -2.38. The molecule has 0 aliphatic carbocycles. The molecule has 1 aromatic carbocycles. The average Bonchev–Trinajstić information content (AvgIpc) is 2.52. The molecule has 1 amide bonds. The Morgan fingerprint density at radius 3 is 2.61 bits per heavy atom. The molecule has 0 bridgehead atoms. The van der Waals surface area contributed by atoms with Gasteiger partial charge in [-0.15, -0.1) is 0 Å². The minimum atomic E-state index is -0.470. The summed E-state index contributed by atoms with van der Waals surface area (Å²) < 4.78 is 11.0. The van der Waals surface area contributed by atoms with Crippen molar-refractivity contribution in [3.8, 4) is 0 Å². The number of nitrogens with zero attached hydrogens (tertiary/aromatic N) is 1. The Morgan fingerprint density at radius 1 is 1.30 bits per heavy atom. The zero-order chi connectivity index (χ0) is 16.9. The maximum atomic E-state index is 12.2. The first-order valence-electron chi connectivity index (χ1n) is 8.17. The van der Waals surface area contributed by atoms with E-state index in [0.29, 0.717) is 13.1 Å². The van der Waals surface area contributed by atoms with E-state index in [1.807, 2.05) is 39.0 Å². The van der Waals surface area contributed by atoms with Crippen molar-refractivity contribution >= 4 is 6.09 Å². The second kappa shape index (κ2) is 7.79. The van der Waals surface area contributed by atoms with Crippen molar-refractivity contribution in [1.29, 1.82) is 0 Å². The topological polar surface area (TPSA) is 50.8 Å². The fourth-order valence-corrected chi connectivity index (χ4v) is 2.73. The average molecular weight is 320 g/mol. The third-order valence-corrected chi connectivity index (χ3v) is 3.92. The maximum Gasteiger partial charge on any atom is 0.410 e. The van der Waals surface area contributed by atoms with E-state index in [0.717, 1.165) is 13.0 Å². The molecular weight excluding hydrogens is 292 g/mol. The Labute approximate surface area is 139 Å². The molecule has 5 nitrogen and oxygen atoms in total. The van der Waals surface area contributed by atoms with Crippen molar-refractivity contribution in [1.82, 2.24) is 10.2 Å². The van der Waals surface area contributed by atoms with E-state index in [1.54, 1.807) is 12.0 Å². The minimum Gasteiger partial charge on any atom is -0.444 e. The van der Waals surface area contributed by atoms with E-state index < -0.39 is 5.60 Å². The summed E-state index contributed by atoms with van der Waals surface area (Å²) in [7, 11) is 1.69. The number of ether oxygens (including phenoxy) is 2. The van der Waals surface area contributed by atoms with Crippen LogP contribution in [-0.4, -0.2) is 48.9 Å². The van der Waals surface area contributed by atoms with Crippen LogP contribution >= 0.6 is 0 Å². The predicted octanol–water partition coefficient (Wildman–Crippen LogP) is 2.80. The van der Waals surface area contributed by atoms with Gasteiger partial charge < -0.3 is 19.7 Å². The fraction of sp³-hybridized carbons (Fsp3) is 0.611. The van der Waals surface area contributed by atoms with Crippen LogP contribution in [0.15, 0.2) is 30.3 Å². The number of carbonyl (C=O) groups excluding carboxylic acids is 1. The molecule has 23 heavy (non-hydrogen) atoms. The number of piperidine rings is 1. The van der Waals surface area contributed by atoms with E-state index in [4.69, 9.17) is 9.47 Å². The van der Waals surface area contributed by atoms with Crippen LogP contribution in [0.1, 0.15) is 32.8 Å². The second-order valence-corrected chi connectivity index (χ2v) is 6.96. The standard InChI is InChI=1S/C18H28N2O3/c1-18(2,3)23-17(21)20-11-10-15(16(13-20)22-4)19-12-14-8-6-5-7-9-14/h5-9,15-16,19H,10-13H2,1-4H3/t15-,16+/m1/s1. The van der Waals surface area contributed by atoms with Crippen molar-refractivity contribution in [2.24, 2.45) is 0 Å². The molecule has 1 heterocycles. The van der Waals surface area contributed by atoms with Crippen molar-refractivity contribution in [3.05, 3.63) is 35.9 Å². The number of likely N-dealkylation sites (tertiary alicyclic amines) is 1. The number of hydrogen-bond acceptors (Lipinski definition) is 4. The van der Waals surface area contributed by atoms with Gasteiger partial charge in [-0.1, -0.05) is 30.3 Å². The van der Waals surface area contributed by atoms with Crippen LogP contribution < -0.4 is 5.32 Å². The lowest BCUT2D eigenvalue weighted by atomic mass is 10.0. The molecule has 5 heteroatoms. The first kappa shape index (κ1) is 17.8. The van der Waals surface area contributed by atoms with Gasteiger partial charge in [0.05, 0.1) is 12.6 Å². The summed E-state index contributed by atoms with van der Waals surface area (Å²) in [6, 6.07) is 10.5. The molecule has 0 radical (unpaired) electrons. The molecule has 2 atom stereocenters. The zero-order valence-corrected chi connectivity index (χ0v) is 14.5. The van der Waals surface area contributed by atoms with Crippen molar-refractivity contribution in [2.75, 3.05) is 20.2 Å². The third-order valence-electron chi connectivity index (χ3n) is 3.92. The van der Waals surface area contributed by atoms with Gasteiger partial charge in [0.25, 0.3) is 0 Å². The van der Waals surface area contributed by atoms with Crippen LogP contribution in [0.2, 0.25) is 0 Å². The molecule has 1 aromatic rings. The minimum absolute atomic E-state index is 0.0278. The number of carbonyl (C=O) groups is 1. The summed E-state index contributed by atoms with van der Waals surface area (Å²) in [6.07, 6.45) is 0.561. The van der Waals surface area contributed by atoms with Gasteiger partial charge in [0, 0.05) is 26.2 Å². The lowest BCUT2D eigenvalue weighted by Crippen LogP contribution is -2.55. The lowest BCUT2D eigenvalue weighted by molar-refractivity contribution is -0.0184. The van der Waals surface area contributed by atoms with Gasteiger partial charge in [0.15, 0.2) is 0 Å². The third kappa shape index (κ3) is 5.52. The smallest absolute Gasteiger partial charge is 0.410 e. The van der Waals surface area contributed by atoms with Gasteiger partial charge in [-0.3, -0.25) is 0 Å². The summed E-state index contributed by atoms with van der Waals surface area (Å²) in [5.41, 5.74) is 0.777. The number of nitrogens with one attached hydrogen (secondary N) is 1. The molecule has 0 saturated carbocycles. The van der Waals surface area contributed by atoms with Gasteiger partial charge in [-0.05, 0) is 32.8 Å². The molecule has 1 aliphatic heterocycles. The normalized spacial score (nSPS) is 22.0. The highest BCUT2D eigenvalue weighted by atomic mass is 16.6. The summed E-state index contributed by atoms with van der Waals surface area (Å²) in [5, 5.41) is 3.54. The highest BCUT2D eigenvalue weighted by Gasteiger charge is 2.33. The summed E-state index contributed by atoms with van der Waals surface area (Å²) in [4.78, 5) is 13.9. The Balaban J connectivity index is 1.87. The number of rotatable bonds is 4. The van der Waals surface area contributed by atoms with Gasteiger partial charge in [0.2, 0.25) is 0 Å². The van der Waals surface area contributed by atoms with E-state index >= 15 is 0 Å². The monoisotopic (exact) mass is 320 g/mol. The van der Waals surface area contributed by atoms with Crippen LogP contribution in [0.3, 0.4) is 0 Å². The van der Waals surface area contributed by atoms with Crippen LogP contribution in [0.5, 0.6) is 0 Å².